The molecule has 1 saturated heterocycles. The topological polar surface area (TPSA) is 84.1 Å². The number of carbonyl (C=O) groups is 1. The Morgan fingerprint density at radius 2 is 2.30 bits per heavy atom. The molecule has 0 amide bonds. The molecule has 0 bridgehead atoms. The molecule has 2 aliphatic rings. The highest BCUT2D eigenvalue weighted by Gasteiger charge is 2.34. The molecular weight excluding hydrogens is 366 g/mol. The zero-order valence-electron chi connectivity index (χ0n) is 15.3. The summed E-state index contributed by atoms with van der Waals surface area (Å²) in [6.45, 7) is 7.22. The molecule has 4 heterocycles. The van der Waals surface area contributed by atoms with Gasteiger partial charge in [0.15, 0.2) is 10.8 Å². The van der Waals surface area contributed by atoms with Crippen LogP contribution in [0.3, 0.4) is 0 Å². The molecule has 27 heavy (non-hydrogen) atoms. The van der Waals surface area contributed by atoms with Crippen LogP contribution in [0.25, 0.3) is 0 Å². The maximum absolute atomic E-state index is 12.5. The average molecular weight is 387 g/mol. The second-order valence-electron chi connectivity index (χ2n) is 6.41. The Morgan fingerprint density at radius 3 is 3.00 bits per heavy atom. The Kier molecular flexibility index (Phi) is 5.04. The molecule has 0 unspecified atom stereocenters. The molecule has 142 valence electrons. The average Bonchev–Trinajstić information content (AvgIpc) is 3.33. The summed E-state index contributed by atoms with van der Waals surface area (Å²) in [5.41, 5.74) is 2.46. The van der Waals surface area contributed by atoms with Crippen molar-refractivity contribution in [2.45, 2.75) is 20.4 Å². The number of hydrogen-bond donors (Lipinski definition) is 0. The van der Waals surface area contributed by atoms with Gasteiger partial charge in [0, 0.05) is 49.5 Å². The summed E-state index contributed by atoms with van der Waals surface area (Å²) in [4.78, 5) is 25.9. The number of aryl methyl sites for hydroxylation is 1. The summed E-state index contributed by atoms with van der Waals surface area (Å²) in [6, 6.07) is 1.94. The highest BCUT2D eigenvalue weighted by molar-refractivity contribution is 7.11. The first-order valence-corrected chi connectivity index (χ1v) is 9.79. The van der Waals surface area contributed by atoms with Gasteiger partial charge < -0.3 is 14.2 Å². The lowest BCUT2D eigenvalue weighted by molar-refractivity contribution is -0.138. The van der Waals surface area contributed by atoms with Crippen LogP contribution in [0.1, 0.15) is 23.4 Å². The Labute approximate surface area is 161 Å². The van der Waals surface area contributed by atoms with Crippen LogP contribution in [-0.2, 0) is 16.1 Å². The number of carbonyl (C=O) groups excluding carboxylic acids is 1. The van der Waals surface area contributed by atoms with Crippen LogP contribution in [-0.4, -0.2) is 64.5 Å². The number of thiazole rings is 1. The van der Waals surface area contributed by atoms with Crippen molar-refractivity contribution in [1.82, 2.24) is 19.9 Å². The van der Waals surface area contributed by atoms with Gasteiger partial charge in [0.05, 0.1) is 24.4 Å². The molecule has 0 spiro atoms. The van der Waals surface area contributed by atoms with Crippen LogP contribution in [0.15, 0.2) is 38.4 Å². The number of ether oxygens (including phenoxy) is 1. The molecule has 0 aliphatic carbocycles. The molecular formula is C18H21N5O3S. The van der Waals surface area contributed by atoms with E-state index in [2.05, 4.69) is 24.9 Å². The Bertz CT molecular complexity index is 887. The number of amidine groups is 1. The first-order valence-electron chi connectivity index (χ1n) is 8.91. The van der Waals surface area contributed by atoms with Gasteiger partial charge in [0.25, 0.3) is 0 Å². The first kappa shape index (κ1) is 17.9. The van der Waals surface area contributed by atoms with Gasteiger partial charge in [0.2, 0.25) is 0 Å². The molecule has 0 saturated carbocycles. The highest BCUT2D eigenvalue weighted by atomic mass is 32.1. The fourth-order valence-electron chi connectivity index (χ4n) is 3.35. The van der Waals surface area contributed by atoms with E-state index >= 15 is 0 Å². The van der Waals surface area contributed by atoms with Crippen molar-refractivity contribution in [3.05, 3.63) is 45.4 Å². The molecule has 8 nitrogen and oxygen atoms in total. The van der Waals surface area contributed by atoms with Crippen molar-refractivity contribution in [2.24, 2.45) is 4.99 Å². The van der Waals surface area contributed by atoms with Gasteiger partial charge in [-0.1, -0.05) is 5.16 Å². The first-order chi connectivity index (χ1) is 13.2. The number of aliphatic imine (C=N–C) groups is 1. The van der Waals surface area contributed by atoms with E-state index in [0.717, 1.165) is 41.1 Å². The van der Waals surface area contributed by atoms with Crippen LogP contribution in [0, 0.1) is 6.92 Å². The molecule has 2 aliphatic heterocycles. The molecule has 0 aromatic carbocycles. The van der Waals surface area contributed by atoms with E-state index in [9.17, 15) is 4.79 Å². The Hall–Kier alpha value is -2.52. The number of aromatic nitrogens is 2. The number of esters is 1. The summed E-state index contributed by atoms with van der Waals surface area (Å²) in [6.07, 6.45) is 1.77. The second-order valence-corrected chi connectivity index (χ2v) is 7.31. The lowest BCUT2D eigenvalue weighted by Gasteiger charge is -2.40. The molecule has 4 rings (SSSR count). The lowest BCUT2D eigenvalue weighted by Crippen LogP contribution is -2.50. The number of nitrogens with zero attached hydrogens (tertiary/aromatic N) is 5. The fraction of sp³-hybridized carbons (Fsp3) is 0.444. The maximum Gasteiger partial charge on any atom is 0.337 e. The fourth-order valence-corrected chi connectivity index (χ4v) is 4.00. The van der Waals surface area contributed by atoms with Gasteiger partial charge in [-0.05, 0) is 13.8 Å². The summed E-state index contributed by atoms with van der Waals surface area (Å²) >= 11 is 1.55. The molecule has 2 aromatic heterocycles. The quantitative estimate of drug-likeness (QED) is 0.724. The van der Waals surface area contributed by atoms with Crippen molar-refractivity contribution in [1.29, 1.82) is 0 Å². The van der Waals surface area contributed by atoms with E-state index < -0.39 is 0 Å². The van der Waals surface area contributed by atoms with Crippen LogP contribution in [0.4, 0.5) is 0 Å². The van der Waals surface area contributed by atoms with Crippen LogP contribution < -0.4 is 0 Å². The van der Waals surface area contributed by atoms with Crippen molar-refractivity contribution >= 4 is 23.1 Å². The van der Waals surface area contributed by atoms with E-state index in [0.29, 0.717) is 31.8 Å². The molecule has 9 heteroatoms. The van der Waals surface area contributed by atoms with Crippen molar-refractivity contribution in [3.63, 3.8) is 0 Å². The summed E-state index contributed by atoms with van der Waals surface area (Å²) < 4.78 is 10.4. The molecule has 0 radical (unpaired) electrons. The Morgan fingerprint density at radius 1 is 1.41 bits per heavy atom. The summed E-state index contributed by atoms with van der Waals surface area (Å²) in [7, 11) is 0. The van der Waals surface area contributed by atoms with E-state index in [-0.39, 0.29) is 5.97 Å². The normalized spacial score (nSPS) is 17.7. The number of rotatable bonds is 5. The van der Waals surface area contributed by atoms with Crippen LogP contribution >= 0.6 is 11.3 Å². The summed E-state index contributed by atoms with van der Waals surface area (Å²) in [5.74, 6) is 1.34. The smallest absolute Gasteiger partial charge is 0.337 e. The van der Waals surface area contributed by atoms with E-state index in [1.54, 1.807) is 17.5 Å². The van der Waals surface area contributed by atoms with Crippen LogP contribution in [0.5, 0.6) is 0 Å². The molecule has 0 atom stereocenters. The molecule has 2 aromatic rings. The van der Waals surface area contributed by atoms with Gasteiger partial charge in [-0.15, -0.1) is 11.3 Å². The minimum atomic E-state index is -0.293. The highest BCUT2D eigenvalue weighted by Crippen LogP contribution is 2.27. The zero-order chi connectivity index (χ0) is 18.8. The summed E-state index contributed by atoms with van der Waals surface area (Å²) in [5, 5.41) is 6.89. The molecule has 1 fully saturated rings. The van der Waals surface area contributed by atoms with Crippen molar-refractivity contribution in [3.8, 4) is 0 Å². The SMILES string of the molecule is CCOC(=O)C1=C2CN(Cc3cc(C)on3)CCN2C(c2nccs2)=NC1. The lowest BCUT2D eigenvalue weighted by atomic mass is 10.1. The number of hydrogen-bond acceptors (Lipinski definition) is 9. The minimum absolute atomic E-state index is 0.293. The van der Waals surface area contributed by atoms with Gasteiger partial charge in [-0.25, -0.2) is 9.78 Å². The van der Waals surface area contributed by atoms with Crippen molar-refractivity contribution < 1.29 is 14.1 Å². The third-order valence-corrected chi connectivity index (χ3v) is 5.31. The second kappa shape index (κ2) is 7.61. The van der Waals surface area contributed by atoms with Gasteiger partial charge in [-0.2, -0.15) is 0 Å². The largest absolute Gasteiger partial charge is 0.463 e. The van der Waals surface area contributed by atoms with Gasteiger partial charge in [0.1, 0.15) is 5.76 Å². The number of piperazine rings is 1. The standard InChI is InChI=1S/C18H21N5O3S/c1-3-25-18(24)14-9-20-16(17-19-4-7-27-17)23-6-5-22(11-15(14)23)10-13-8-12(2)26-21-13/h4,7-8H,3,5-6,9-11H2,1-2H3. The van der Waals surface area contributed by atoms with E-state index in [1.807, 2.05) is 25.3 Å². The Balaban J connectivity index is 1.60. The van der Waals surface area contributed by atoms with Crippen molar-refractivity contribution in [2.75, 3.05) is 32.8 Å². The van der Waals surface area contributed by atoms with Gasteiger partial charge in [-0.3, -0.25) is 9.89 Å². The third kappa shape index (κ3) is 3.65. The van der Waals surface area contributed by atoms with E-state index in [1.165, 1.54) is 0 Å². The molecule has 0 N–H and O–H groups in total. The van der Waals surface area contributed by atoms with Crippen LogP contribution in [0.2, 0.25) is 0 Å². The third-order valence-electron chi connectivity index (χ3n) is 4.54. The zero-order valence-corrected chi connectivity index (χ0v) is 16.2. The maximum atomic E-state index is 12.5. The monoisotopic (exact) mass is 387 g/mol. The predicted octanol–water partition coefficient (Wildman–Crippen LogP) is 1.83. The van der Waals surface area contributed by atoms with E-state index in [4.69, 9.17) is 9.26 Å². The minimum Gasteiger partial charge on any atom is -0.463 e. The predicted molar refractivity (Wildman–Crippen MR) is 100 cm³/mol. The van der Waals surface area contributed by atoms with Gasteiger partial charge >= 0.3 is 5.97 Å². The number of fused-ring (bicyclic) bond motifs is 1.